The van der Waals surface area contributed by atoms with Crippen molar-refractivity contribution in [3.05, 3.63) is 63.6 Å². The zero-order valence-corrected chi connectivity index (χ0v) is 13.6. The second-order valence-electron chi connectivity index (χ2n) is 5.69. The molecule has 0 aliphatic carbocycles. The highest BCUT2D eigenvalue weighted by molar-refractivity contribution is 9.10. The first-order valence-electron chi connectivity index (χ1n) is 7.32. The highest BCUT2D eigenvalue weighted by atomic mass is 79.9. The van der Waals surface area contributed by atoms with Gasteiger partial charge >= 0.3 is 0 Å². The average Bonchev–Trinajstić information content (AvgIpc) is 2.95. The number of rotatable bonds is 4. The first-order valence-corrected chi connectivity index (χ1v) is 8.11. The van der Waals surface area contributed by atoms with Crippen LogP contribution in [0.2, 0.25) is 0 Å². The molecule has 1 N–H and O–H groups in total. The summed E-state index contributed by atoms with van der Waals surface area (Å²) in [6.07, 6.45) is 1.32. The van der Waals surface area contributed by atoms with Crippen molar-refractivity contribution in [1.29, 1.82) is 0 Å². The van der Waals surface area contributed by atoms with Gasteiger partial charge in [-0.15, -0.1) is 0 Å². The standard InChI is InChI=1S/C18H19BrO2/c1-12(17(20)13-5-3-2-4-6-13)9-15-11-16(19)10-14-7-8-21-18(14)15/h2-6,10-12,17,20H,7-9H2,1H3. The van der Waals surface area contributed by atoms with E-state index in [4.69, 9.17) is 4.74 Å². The lowest BCUT2D eigenvalue weighted by Crippen LogP contribution is -2.12. The minimum atomic E-state index is -0.456. The van der Waals surface area contributed by atoms with Crippen molar-refractivity contribution in [1.82, 2.24) is 0 Å². The summed E-state index contributed by atoms with van der Waals surface area (Å²) in [5.41, 5.74) is 3.41. The Kier molecular flexibility index (Phi) is 4.32. The van der Waals surface area contributed by atoms with Gasteiger partial charge in [-0.05, 0) is 41.2 Å². The fraction of sp³-hybridized carbons (Fsp3) is 0.333. The largest absolute Gasteiger partial charge is 0.493 e. The van der Waals surface area contributed by atoms with Gasteiger partial charge in [-0.25, -0.2) is 0 Å². The molecule has 2 aromatic rings. The Balaban J connectivity index is 1.81. The van der Waals surface area contributed by atoms with Crippen LogP contribution in [0.5, 0.6) is 5.75 Å². The number of benzene rings is 2. The summed E-state index contributed by atoms with van der Waals surface area (Å²) in [6, 6.07) is 14.1. The predicted octanol–water partition coefficient (Wildman–Crippen LogP) is 4.30. The summed E-state index contributed by atoms with van der Waals surface area (Å²) >= 11 is 3.57. The van der Waals surface area contributed by atoms with Gasteiger partial charge in [0.1, 0.15) is 5.75 Å². The van der Waals surface area contributed by atoms with E-state index < -0.39 is 6.10 Å². The quantitative estimate of drug-likeness (QED) is 0.894. The van der Waals surface area contributed by atoms with Crippen molar-refractivity contribution in [2.75, 3.05) is 6.61 Å². The van der Waals surface area contributed by atoms with E-state index in [1.807, 2.05) is 30.3 Å². The van der Waals surface area contributed by atoms with E-state index in [2.05, 4.69) is 35.0 Å². The number of fused-ring (bicyclic) bond motifs is 1. The zero-order chi connectivity index (χ0) is 14.8. The van der Waals surface area contributed by atoms with Crippen LogP contribution in [0, 0.1) is 5.92 Å². The maximum absolute atomic E-state index is 10.5. The molecular formula is C18H19BrO2. The van der Waals surface area contributed by atoms with Crippen LogP contribution in [0.15, 0.2) is 46.9 Å². The van der Waals surface area contributed by atoms with Crippen LogP contribution in [0.1, 0.15) is 29.7 Å². The fourth-order valence-corrected chi connectivity index (χ4v) is 3.49. The van der Waals surface area contributed by atoms with E-state index in [0.29, 0.717) is 0 Å². The van der Waals surface area contributed by atoms with E-state index in [-0.39, 0.29) is 5.92 Å². The summed E-state index contributed by atoms with van der Waals surface area (Å²) in [5.74, 6) is 1.15. The molecule has 0 saturated heterocycles. The molecule has 1 heterocycles. The van der Waals surface area contributed by atoms with E-state index in [0.717, 1.165) is 35.2 Å². The van der Waals surface area contributed by atoms with E-state index in [9.17, 15) is 5.11 Å². The average molecular weight is 347 g/mol. The summed E-state index contributed by atoms with van der Waals surface area (Å²) in [7, 11) is 0. The maximum atomic E-state index is 10.5. The second kappa shape index (κ2) is 6.20. The van der Waals surface area contributed by atoms with Crippen molar-refractivity contribution in [3.8, 4) is 5.75 Å². The molecule has 0 saturated carbocycles. The van der Waals surface area contributed by atoms with Crippen LogP contribution < -0.4 is 4.74 Å². The minimum absolute atomic E-state index is 0.134. The molecule has 3 heteroatoms. The van der Waals surface area contributed by atoms with Crippen LogP contribution in [0.25, 0.3) is 0 Å². The smallest absolute Gasteiger partial charge is 0.125 e. The van der Waals surface area contributed by atoms with Crippen LogP contribution in [-0.2, 0) is 12.8 Å². The molecule has 1 aliphatic heterocycles. The van der Waals surface area contributed by atoms with Crippen molar-refractivity contribution < 1.29 is 9.84 Å². The molecule has 0 fully saturated rings. The molecule has 2 aromatic carbocycles. The molecule has 1 aliphatic rings. The topological polar surface area (TPSA) is 29.5 Å². The van der Waals surface area contributed by atoms with Crippen molar-refractivity contribution >= 4 is 15.9 Å². The van der Waals surface area contributed by atoms with Crippen molar-refractivity contribution in [3.63, 3.8) is 0 Å². The van der Waals surface area contributed by atoms with Gasteiger partial charge in [0.05, 0.1) is 12.7 Å². The predicted molar refractivity (Wildman–Crippen MR) is 87.6 cm³/mol. The van der Waals surface area contributed by atoms with Crippen LogP contribution >= 0.6 is 15.9 Å². The lowest BCUT2D eigenvalue weighted by atomic mass is 9.90. The third-order valence-electron chi connectivity index (χ3n) is 4.05. The molecule has 2 unspecified atom stereocenters. The Morgan fingerprint density at radius 3 is 2.76 bits per heavy atom. The number of hydrogen-bond acceptors (Lipinski definition) is 2. The van der Waals surface area contributed by atoms with Crippen LogP contribution in [-0.4, -0.2) is 11.7 Å². The Morgan fingerprint density at radius 2 is 2.00 bits per heavy atom. The number of hydrogen-bond donors (Lipinski definition) is 1. The molecule has 110 valence electrons. The minimum Gasteiger partial charge on any atom is -0.493 e. The van der Waals surface area contributed by atoms with E-state index in [1.165, 1.54) is 11.1 Å². The van der Waals surface area contributed by atoms with Gasteiger partial charge in [0.2, 0.25) is 0 Å². The van der Waals surface area contributed by atoms with Gasteiger partial charge < -0.3 is 9.84 Å². The molecule has 0 aromatic heterocycles. The Morgan fingerprint density at radius 1 is 1.24 bits per heavy atom. The number of aliphatic hydroxyl groups is 1. The third kappa shape index (κ3) is 3.14. The summed E-state index contributed by atoms with van der Waals surface area (Å²) in [6.45, 7) is 2.84. The summed E-state index contributed by atoms with van der Waals surface area (Å²) in [5, 5.41) is 10.5. The Labute approximate surface area is 133 Å². The summed E-state index contributed by atoms with van der Waals surface area (Å²) < 4.78 is 6.85. The fourth-order valence-electron chi connectivity index (χ4n) is 2.93. The maximum Gasteiger partial charge on any atom is 0.125 e. The first kappa shape index (κ1) is 14.6. The Hall–Kier alpha value is -1.32. The van der Waals surface area contributed by atoms with Gasteiger partial charge in [-0.3, -0.25) is 0 Å². The number of halogens is 1. The first-order chi connectivity index (χ1) is 10.1. The molecule has 0 bridgehead atoms. The molecule has 0 radical (unpaired) electrons. The molecule has 0 amide bonds. The lowest BCUT2D eigenvalue weighted by Gasteiger charge is -2.20. The SMILES string of the molecule is CC(Cc1cc(Br)cc2c1OCC2)C(O)c1ccccc1. The molecule has 21 heavy (non-hydrogen) atoms. The normalized spacial score (nSPS) is 16.1. The van der Waals surface area contributed by atoms with Gasteiger partial charge in [0, 0.05) is 10.9 Å². The molecule has 2 atom stereocenters. The third-order valence-corrected chi connectivity index (χ3v) is 4.51. The van der Waals surface area contributed by atoms with Crippen LogP contribution in [0.3, 0.4) is 0 Å². The monoisotopic (exact) mass is 346 g/mol. The van der Waals surface area contributed by atoms with E-state index >= 15 is 0 Å². The van der Waals surface area contributed by atoms with Gasteiger partial charge in [0.15, 0.2) is 0 Å². The van der Waals surface area contributed by atoms with Crippen molar-refractivity contribution in [2.45, 2.75) is 25.9 Å². The zero-order valence-electron chi connectivity index (χ0n) is 12.1. The van der Waals surface area contributed by atoms with Gasteiger partial charge in [0.25, 0.3) is 0 Å². The van der Waals surface area contributed by atoms with Crippen LogP contribution in [0.4, 0.5) is 0 Å². The van der Waals surface area contributed by atoms with E-state index in [1.54, 1.807) is 0 Å². The summed E-state index contributed by atoms with van der Waals surface area (Å²) in [4.78, 5) is 0. The number of ether oxygens (including phenoxy) is 1. The van der Waals surface area contributed by atoms with Gasteiger partial charge in [-0.2, -0.15) is 0 Å². The molecule has 0 spiro atoms. The second-order valence-corrected chi connectivity index (χ2v) is 6.60. The van der Waals surface area contributed by atoms with Crippen molar-refractivity contribution in [2.24, 2.45) is 5.92 Å². The molecule has 2 nitrogen and oxygen atoms in total. The number of aliphatic hydroxyl groups excluding tert-OH is 1. The highest BCUT2D eigenvalue weighted by Crippen LogP contribution is 2.36. The van der Waals surface area contributed by atoms with Gasteiger partial charge in [-0.1, -0.05) is 53.2 Å². The highest BCUT2D eigenvalue weighted by Gasteiger charge is 2.22. The Bertz CT molecular complexity index is 625. The molecule has 3 rings (SSSR count). The lowest BCUT2D eigenvalue weighted by molar-refractivity contribution is 0.117. The molecular weight excluding hydrogens is 328 g/mol.